The van der Waals surface area contributed by atoms with Crippen LogP contribution in [-0.4, -0.2) is 229 Å². The van der Waals surface area contributed by atoms with Gasteiger partial charge in [0.1, 0.15) is 45.9 Å². The van der Waals surface area contributed by atoms with Gasteiger partial charge in [0.2, 0.25) is 5.91 Å². The molecule has 11 rings (SSSR count). The Kier molecular flexibility index (Phi) is 31.7. The smallest absolute Gasteiger partial charge is 0.410 e. The topological polar surface area (TPSA) is 358 Å². The minimum atomic E-state index is -1.20. The average Bonchev–Trinajstić information content (AvgIpc) is 1.58. The van der Waals surface area contributed by atoms with E-state index in [0.717, 1.165) is 15.4 Å². The first-order chi connectivity index (χ1) is 52.2. The van der Waals surface area contributed by atoms with Crippen LogP contribution in [0.2, 0.25) is 0 Å². The molecule has 0 unspecified atom stereocenters. The van der Waals surface area contributed by atoms with E-state index >= 15 is 0 Å². The number of hydrogen-bond donors (Lipinski definition) is 4. The molecule has 30 nitrogen and oxygen atoms in total. The highest BCUT2D eigenvalue weighted by molar-refractivity contribution is 6.19. The summed E-state index contributed by atoms with van der Waals surface area (Å²) in [5.41, 5.74) is 0.0912. The number of anilines is 3. The lowest BCUT2D eigenvalue weighted by atomic mass is 9.85. The number of aryl methyl sites for hydroxylation is 2. The molecular formula is C80H101Cl2F2N11O19. The maximum atomic E-state index is 14.3. The number of ether oxygens (including phenoxy) is 4. The number of carboxylic acids is 1. The zero-order valence-electron chi connectivity index (χ0n) is 65.6. The van der Waals surface area contributed by atoms with E-state index in [0.29, 0.717) is 91.2 Å². The molecule has 34 heteroatoms. The third-order valence-electron chi connectivity index (χ3n) is 20.2. The van der Waals surface area contributed by atoms with E-state index < -0.39 is 99.8 Å². The predicted molar refractivity (Wildman–Crippen MR) is 422 cm³/mol. The Morgan fingerprint density at radius 3 is 1.06 bits per heavy atom. The maximum absolute atomic E-state index is 14.3. The summed E-state index contributed by atoms with van der Waals surface area (Å²) in [6.07, 6.45) is 1.65. The molecule has 6 saturated heterocycles. The number of hydrogen-bond acceptors (Lipinski definition) is 19. The normalized spacial score (nSPS) is 17.1. The number of likely N-dealkylation sites (N-methyl/N-ethyl adjacent to an activating group) is 3. The van der Waals surface area contributed by atoms with Crippen molar-refractivity contribution in [2.24, 2.45) is 11.8 Å². The third-order valence-corrected chi connectivity index (χ3v) is 20.2. The van der Waals surface area contributed by atoms with Crippen LogP contribution < -0.4 is 30.7 Å². The number of carbonyl (C=O) groups excluding carboxylic acids is 13. The fourth-order valence-corrected chi connectivity index (χ4v) is 14.1. The molecule has 0 aromatic heterocycles. The SMILES string of the molecule is C.COC(=O)c1ccc(N2C(=O)N(C)C(=O)C23CCN(C(=O)OC(C)(C)C)CC3)cc1.COC(=O)c1ccc(N2C(=O)N(C)C(=O)C23CCN(C(=O)[C@H](NC(=O)c2cc(C)ccc2F)C(C)C)CC3)cc1.COC(=O)c1ccc(N2C(=O)N(C)C(=O)C23CCNCC3)cc1.Cc1ccc(F)c(C(=O)N[C@@H](C(=O)O)C(C)C)c1.Cl.Cl. The van der Waals surface area contributed by atoms with E-state index in [9.17, 15) is 75.9 Å². The summed E-state index contributed by atoms with van der Waals surface area (Å²) < 4.78 is 47.3. The highest BCUT2D eigenvalue weighted by Gasteiger charge is 2.61. The Morgan fingerprint density at radius 2 is 0.772 bits per heavy atom. The summed E-state index contributed by atoms with van der Waals surface area (Å²) in [5, 5.41) is 17.2. The molecule has 3 spiro atoms. The van der Waals surface area contributed by atoms with Crippen molar-refractivity contribution in [3.8, 4) is 0 Å². The van der Waals surface area contributed by atoms with Gasteiger partial charge in [-0.2, -0.15) is 0 Å². The first-order valence-electron chi connectivity index (χ1n) is 36.0. The lowest BCUT2D eigenvalue weighted by molar-refractivity contribution is -0.140. The fourth-order valence-electron chi connectivity index (χ4n) is 14.1. The minimum absolute atomic E-state index is 0. The van der Waals surface area contributed by atoms with Gasteiger partial charge in [0, 0.05) is 64.4 Å². The average molecular weight is 1630 g/mol. The monoisotopic (exact) mass is 1630 g/mol. The van der Waals surface area contributed by atoms with Crippen LogP contribution in [0.5, 0.6) is 0 Å². The highest BCUT2D eigenvalue weighted by atomic mass is 35.5. The molecule has 6 fully saturated rings. The largest absolute Gasteiger partial charge is 0.480 e. The van der Waals surface area contributed by atoms with E-state index in [1.54, 1.807) is 150 Å². The van der Waals surface area contributed by atoms with Crippen molar-refractivity contribution in [2.75, 3.05) is 96.4 Å². The van der Waals surface area contributed by atoms with Gasteiger partial charge in [-0.15, -0.1) is 24.8 Å². The second kappa shape index (κ2) is 38.6. The van der Waals surface area contributed by atoms with Crippen molar-refractivity contribution in [2.45, 2.75) is 143 Å². The molecule has 6 aliphatic rings. The summed E-state index contributed by atoms with van der Waals surface area (Å²) in [6.45, 7) is 18.1. The van der Waals surface area contributed by atoms with Gasteiger partial charge in [-0.05, 0) is 195 Å². The number of aliphatic carboxylic acids is 1. The molecule has 114 heavy (non-hydrogen) atoms. The van der Waals surface area contributed by atoms with E-state index in [4.69, 9.17) is 19.3 Å². The van der Waals surface area contributed by atoms with Crippen molar-refractivity contribution in [1.29, 1.82) is 0 Å². The van der Waals surface area contributed by atoms with Crippen molar-refractivity contribution < 1.29 is 100.0 Å². The quantitative estimate of drug-likeness (QED) is 0.0456. The van der Waals surface area contributed by atoms with Gasteiger partial charge < -0.3 is 49.8 Å². The molecule has 4 N–H and O–H groups in total. The van der Waals surface area contributed by atoms with Gasteiger partial charge in [0.25, 0.3) is 29.5 Å². The third kappa shape index (κ3) is 19.7. The fraction of sp³-hybridized carbons (Fsp3) is 0.450. The van der Waals surface area contributed by atoms with Crippen molar-refractivity contribution >= 4 is 125 Å². The molecule has 0 bridgehead atoms. The zero-order chi connectivity index (χ0) is 82.1. The first-order valence-corrected chi connectivity index (χ1v) is 36.0. The van der Waals surface area contributed by atoms with Crippen LogP contribution in [0.4, 0.5) is 45.0 Å². The number of benzene rings is 5. The van der Waals surface area contributed by atoms with Crippen LogP contribution in [0.1, 0.15) is 157 Å². The van der Waals surface area contributed by atoms with Crippen molar-refractivity contribution in [3.63, 3.8) is 0 Å². The lowest BCUT2D eigenvalue weighted by Crippen LogP contribution is -2.60. The number of carbonyl (C=O) groups is 14. The molecule has 6 aliphatic heterocycles. The van der Waals surface area contributed by atoms with E-state index in [-0.39, 0.29) is 111 Å². The van der Waals surface area contributed by atoms with Crippen molar-refractivity contribution in [3.05, 3.63) is 160 Å². The molecule has 13 amide bonds. The molecule has 0 radical (unpaired) electrons. The zero-order valence-corrected chi connectivity index (χ0v) is 67.3. The van der Waals surface area contributed by atoms with Crippen LogP contribution in [0.15, 0.2) is 109 Å². The summed E-state index contributed by atoms with van der Waals surface area (Å²) in [6, 6.07) is 24.3. The molecule has 0 aliphatic carbocycles. The Balaban J connectivity index is 0.000000280. The number of esters is 3. The number of urea groups is 3. The maximum Gasteiger partial charge on any atom is 0.410 e. The van der Waals surface area contributed by atoms with Crippen molar-refractivity contribution in [1.82, 2.24) is 40.4 Å². The molecular weight excluding hydrogens is 1530 g/mol. The molecule has 618 valence electrons. The number of amides is 13. The van der Waals surface area contributed by atoms with E-state index in [2.05, 4.69) is 20.7 Å². The molecule has 0 saturated carbocycles. The highest BCUT2D eigenvalue weighted by Crippen LogP contribution is 2.44. The summed E-state index contributed by atoms with van der Waals surface area (Å²) in [5.74, 6) is -7.04. The standard InChI is InChI=1S/C29H33FN4O6.C21H27N3O6.C16H19N3O4.C13H16FNO3.CH4.2ClH/c1-17(2)23(31-24(35)21-16-18(3)6-11-22(21)30)25(36)33-14-12-29(13-15-33)27(38)32(4)28(39)34(29)20-9-7-19(8-10-20)26(37)40-5;1-20(2,3)30-19(28)23-12-10-21(11-13-23)17(26)22(4)18(27)24(21)15-8-6-14(7-9-15)16(25)29-5;1-18-14(21)16(7-9-17-10-8-16)19(15(18)22)12-5-3-11(4-6-12)13(20)23-2;1-7(2)11(13(17)18)15-12(16)9-6-8(3)4-5-10(9)14;;;/h6-11,16-17,23H,12-15H2,1-5H3,(H,31,35);6-9H,10-13H2,1-5H3;3-6,17H,7-10H2,1-2H3;4-7,11H,1-3H3,(H,15,16)(H,17,18);1H4;2*1H/t23-;;;11-;;;/m1..1.../s1. The molecule has 5 aromatic carbocycles. The number of halogens is 4. The van der Waals surface area contributed by atoms with E-state index in [1.165, 1.54) is 93.6 Å². The number of nitrogens with zero attached hydrogens (tertiary/aromatic N) is 8. The summed E-state index contributed by atoms with van der Waals surface area (Å²) in [4.78, 5) is 185. The number of methoxy groups -OCH3 is 3. The van der Waals surface area contributed by atoms with Gasteiger partial charge in [-0.3, -0.25) is 58.2 Å². The summed E-state index contributed by atoms with van der Waals surface area (Å²) in [7, 11) is 8.27. The number of piperidine rings is 3. The van der Waals surface area contributed by atoms with Gasteiger partial charge >= 0.3 is 48.1 Å². The summed E-state index contributed by atoms with van der Waals surface area (Å²) >= 11 is 0. The lowest BCUT2D eigenvalue weighted by Gasteiger charge is -2.43. The van der Waals surface area contributed by atoms with Crippen LogP contribution in [0, 0.1) is 37.3 Å². The number of imide groups is 3. The van der Waals surface area contributed by atoms with Crippen LogP contribution in [-0.2, 0) is 42.9 Å². The first kappa shape index (κ1) is 93.5. The Hall–Kier alpha value is -11.1. The molecule has 5 aromatic rings. The van der Waals surface area contributed by atoms with Crippen LogP contribution >= 0.6 is 24.8 Å². The Morgan fingerprint density at radius 1 is 0.474 bits per heavy atom. The number of rotatable bonds is 14. The second-order valence-electron chi connectivity index (χ2n) is 29.4. The van der Waals surface area contributed by atoms with Gasteiger partial charge in [0.05, 0.1) is 49.1 Å². The Bertz CT molecular complexity index is 4430. The number of likely N-dealkylation sites (tertiary alicyclic amines) is 2. The van der Waals surface area contributed by atoms with Crippen LogP contribution in [0.3, 0.4) is 0 Å². The predicted octanol–water partition coefficient (Wildman–Crippen LogP) is 10.2. The number of carboxylic acid groups (broad SMARTS) is 1. The Labute approximate surface area is 673 Å². The second-order valence-corrected chi connectivity index (χ2v) is 29.4. The van der Waals surface area contributed by atoms with Gasteiger partial charge in [0.15, 0.2) is 0 Å². The van der Waals surface area contributed by atoms with Crippen LogP contribution in [0.25, 0.3) is 0 Å². The molecule has 6 heterocycles. The number of nitrogens with one attached hydrogen (secondary N) is 3. The van der Waals surface area contributed by atoms with Gasteiger partial charge in [-0.25, -0.2) is 47.1 Å². The molecule has 2 atom stereocenters. The van der Waals surface area contributed by atoms with E-state index in [1.807, 2.05) is 0 Å². The van der Waals surface area contributed by atoms with Gasteiger partial charge in [-0.1, -0.05) is 58.4 Å². The minimum Gasteiger partial charge on any atom is -0.480 e.